The second kappa shape index (κ2) is 4.75. The SMILES string of the molecule is Cc1ccc(N2CCC(CO)OC2=O)c(C)c1. The first-order valence-corrected chi connectivity index (χ1v) is 5.78. The maximum absolute atomic E-state index is 11.8. The number of benzene rings is 1. The first-order chi connectivity index (χ1) is 8.11. The van der Waals surface area contributed by atoms with Gasteiger partial charge in [0.15, 0.2) is 0 Å². The smallest absolute Gasteiger partial charge is 0.414 e. The highest BCUT2D eigenvalue weighted by Crippen LogP contribution is 2.25. The summed E-state index contributed by atoms with van der Waals surface area (Å²) in [6.07, 6.45) is -0.0676. The van der Waals surface area contributed by atoms with Crippen molar-refractivity contribution in [3.8, 4) is 0 Å². The minimum atomic E-state index is -0.373. The van der Waals surface area contributed by atoms with E-state index in [9.17, 15) is 4.79 Å². The van der Waals surface area contributed by atoms with Gasteiger partial charge in [0.2, 0.25) is 0 Å². The molecule has 1 aliphatic rings. The van der Waals surface area contributed by atoms with E-state index in [1.54, 1.807) is 4.90 Å². The Morgan fingerprint density at radius 1 is 1.47 bits per heavy atom. The fourth-order valence-corrected chi connectivity index (χ4v) is 2.09. The molecule has 2 rings (SSSR count). The summed E-state index contributed by atoms with van der Waals surface area (Å²) in [4.78, 5) is 13.4. The van der Waals surface area contributed by atoms with Gasteiger partial charge in [-0.1, -0.05) is 17.7 Å². The Hall–Kier alpha value is -1.55. The van der Waals surface area contributed by atoms with E-state index in [4.69, 9.17) is 9.84 Å². The Balaban J connectivity index is 2.20. The van der Waals surface area contributed by atoms with Crippen molar-refractivity contribution in [3.63, 3.8) is 0 Å². The molecule has 0 aromatic heterocycles. The fourth-order valence-electron chi connectivity index (χ4n) is 2.09. The molecule has 0 spiro atoms. The summed E-state index contributed by atoms with van der Waals surface area (Å²) in [5.74, 6) is 0. The molecule has 1 aliphatic heterocycles. The molecule has 0 saturated carbocycles. The van der Waals surface area contributed by atoms with Gasteiger partial charge in [-0.2, -0.15) is 0 Å². The second-order valence-corrected chi connectivity index (χ2v) is 4.42. The van der Waals surface area contributed by atoms with Gasteiger partial charge in [-0.15, -0.1) is 0 Å². The Bertz CT molecular complexity index is 431. The van der Waals surface area contributed by atoms with Gasteiger partial charge in [0.1, 0.15) is 6.10 Å². The van der Waals surface area contributed by atoms with E-state index in [1.165, 1.54) is 5.56 Å². The first kappa shape index (κ1) is 11.9. The number of anilines is 1. The Morgan fingerprint density at radius 3 is 2.82 bits per heavy atom. The van der Waals surface area contributed by atoms with Crippen LogP contribution in [0.5, 0.6) is 0 Å². The monoisotopic (exact) mass is 235 g/mol. The lowest BCUT2D eigenvalue weighted by atomic mass is 10.1. The molecule has 92 valence electrons. The van der Waals surface area contributed by atoms with Crippen molar-refractivity contribution in [3.05, 3.63) is 29.3 Å². The number of hydrogen-bond donors (Lipinski definition) is 1. The summed E-state index contributed by atoms with van der Waals surface area (Å²) >= 11 is 0. The van der Waals surface area contributed by atoms with Crippen molar-refractivity contribution in [1.29, 1.82) is 0 Å². The summed E-state index contributed by atoms with van der Waals surface area (Å²) in [7, 11) is 0. The molecule has 0 bridgehead atoms. The van der Waals surface area contributed by atoms with Gasteiger partial charge in [-0.25, -0.2) is 4.79 Å². The Kier molecular flexibility index (Phi) is 3.33. The number of amides is 1. The van der Waals surface area contributed by atoms with Crippen molar-refractivity contribution in [2.24, 2.45) is 0 Å². The van der Waals surface area contributed by atoms with E-state index < -0.39 is 0 Å². The van der Waals surface area contributed by atoms with E-state index in [0.29, 0.717) is 13.0 Å². The van der Waals surface area contributed by atoms with Crippen molar-refractivity contribution >= 4 is 11.8 Å². The third-order valence-corrected chi connectivity index (χ3v) is 3.01. The minimum absolute atomic E-state index is 0.105. The number of carbonyl (C=O) groups excluding carboxylic acids is 1. The van der Waals surface area contributed by atoms with Gasteiger partial charge < -0.3 is 9.84 Å². The van der Waals surface area contributed by atoms with Crippen LogP contribution in [0.3, 0.4) is 0 Å². The van der Waals surface area contributed by atoms with Gasteiger partial charge in [0.25, 0.3) is 0 Å². The van der Waals surface area contributed by atoms with E-state index >= 15 is 0 Å². The van der Waals surface area contributed by atoms with Crippen molar-refractivity contribution < 1.29 is 14.6 Å². The number of carbonyl (C=O) groups is 1. The molecule has 1 unspecified atom stereocenters. The topological polar surface area (TPSA) is 49.8 Å². The van der Waals surface area contributed by atoms with Crippen LogP contribution in [0.1, 0.15) is 17.5 Å². The zero-order chi connectivity index (χ0) is 12.4. The van der Waals surface area contributed by atoms with Gasteiger partial charge in [0.05, 0.1) is 6.61 Å². The molecule has 1 amide bonds. The van der Waals surface area contributed by atoms with Crippen LogP contribution in [0, 0.1) is 13.8 Å². The number of aliphatic hydroxyl groups excluding tert-OH is 1. The van der Waals surface area contributed by atoms with Crippen molar-refractivity contribution in [1.82, 2.24) is 0 Å². The van der Waals surface area contributed by atoms with Crippen LogP contribution in [0.2, 0.25) is 0 Å². The second-order valence-electron chi connectivity index (χ2n) is 4.42. The van der Waals surface area contributed by atoms with Gasteiger partial charge in [-0.3, -0.25) is 4.90 Å². The Morgan fingerprint density at radius 2 is 2.24 bits per heavy atom. The highest BCUT2D eigenvalue weighted by molar-refractivity contribution is 5.89. The molecule has 1 fully saturated rings. The molecule has 0 radical (unpaired) electrons. The fraction of sp³-hybridized carbons (Fsp3) is 0.462. The third-order valence-electron chi connectivity index (χ3n) is 3.01. The van der Waals surface area contributed by atoms with Crippen molar-refractivity contribution in [2.45, 2.75) is 26.4 Å². The van der Waals surface area contributed by atoms with Crippen LogP contribution >= 0.6 is 0 Å². The number of aryl methyl sites for hydroxylation is 2. The summed E-state index contributed by atoms with van der Waals surface area (Å²) in [6.45, 7) is 4.49. The van der Waals surface area contributed by atoms with Gasteiger partial charge >= 0.3 is 6.09 Å². The normalized spacial score (nSPS) is 20.3. The zero-order valence-corrected chi connectivity index (χ0v) is 10.1. The molecule has 0 aliphatic carbocycles. The number of rotatable bonds is 2. The minimum Gasteiger partial charge on any atom is -0.443 e. The molecular formula is C13H17NO3. The molecule has 1 saturated heterocycles. The molecule has 4 heteroatoms. The molecule has 1 atom stereocenters. The highest BCUT2D eigenvalue weighted by atomic mass is 16.6. The molecule has 1 N–H and O–H groups in total. The largest absolute Gasteiger partial charge is 0.443 e. The number of nitrogens with zero attached hydrogens (tertiary/aromatic N) is 1. The van der Waals surface area contributed by atoms with Crippen LogP contribution in [-0.2, 0) is 4.74 Å². The number of ether oxygens (including phenoxy) is 1. The number of cyclic esters (lactones) is 1. The van der Waals surface area contributed by atoms with Crippen LogP contribution in [0.25, 0.3) is 0 Å². The molecule has 1 heterocycles. The number of hydrogen-bond acceptors (Lipinski definition) is 3. The van der Waals surface area contributed by atoms with Crippen LogP contribution in [0.15, 0.2) is 18.2 Å². The summed E-state index contributed by atoms with van der Waals surface area (Å²) in [5.41, 5.74) is 3.12. The van der Waals surface area contributed by atoms with Gasteiger partial charge in [-0.05, 0) is 25.5 Å². The van der Waals surface area contributed by atoms with Crippen LogP contribution < -0.4 is 4.90 Å². The van der Waals surface area contributed by atoms with E-state index in [1.807, 2.05) is 32.0 Å². The predicted molar refractivity (Wildman–Crippen MR) is 65.2 cm³/mol. The lowest BCUT2D eigenvalue weighted by Crippen LogP contribution is -2.43. The standard InChI is InChI=1S/C13H17NO3/c1-9-3-4-12(10(2)7-9)14-6-5-11(8-15)17-13(14)16/h3-4,7,11,15H,5-6,8H2,1-2H3. The zero-order valence-electron chi connectivity index (χ0n) is 10.1. The van der Waals surface area contributed by atoms with E-state index in [-0.39, 0.29) is 18.8 Å². The summed E-state index contributed by atoms with van der Waals surface area (Å²) in [5, 5.41) is 8.96. The lowest BCUT2D eigenvalue weighted by molar-refractivity contribution is 0.0452. The lowest BCUT2D eigenvalue weighted by Gasteiger charge is -2.31. The maximum atomic E-state index is 11.8. The molecule has 1 aromatic carbocycles. The molecule has 1 aromatic rings. The summed E-state index contributed by atoms with van der Waals surface area (Å²) in [6, 6.07) is 5.96. The van der Waals surface area contributed by atoms with E-state index in [2.05, 4.69) is 0 Å². The number of aliphatic hydroxyl groups is 1. The van der Waals surface area contributed by atoms with Crippen LogP contribution in [0.4, 0.5) is 10.5 Å². The molecule has 17 heavy (non-hydrogen) atoms. The average Bonchev–Trinajstić information content (AvgIpc) is 2.30. The van der Waals surface area contributed by atoms with Gasteiger partial charge in [0, 0.05) is 18.7 Å². The third kappa shape index (κ3) is 2.42. The maximum Gasteiger partial charge on any atom is 0.414 e. The first-order valence-electron chi connectivity index (χ1n) is 5.78. The van der Waals surface area contributed by atoms with E-state index in [0.717, 1.165) is 11.3 Å². The Labute approximate surface area is 101 Å². The summed E-state index contributed by atoms with van der Waals surface area (Å²) < 4.78 is 5.12. The predicted octanol–water partition coefficient (Wildman–Crippen LogP) is 2.01. The quantitative estimate of drug-likeness (QED) is 0.853. The molecule has 4 nitrogen and oxygen atoms in total. The highest BCUT2D eigenvalue weighted by Gasteiger charge is 2.28. The molecular weight excluding hydrogens is 218 g/mol. The van der Waals surface area contributed by atoms with Crippen LogP contribution in [-0.4, -0.2) is 30.5 Å². The van der Waals surface area contributed by atoms with Crippen molar-refractivity contribution in [2.75, 3.05) is 18.1 Å². The average molecular weight is 235 g/mol.